The maximum Gasteiger partial charge on any atom is 0.00823 e. The molecule has 1 fully saturated rings. The molecule has 1 saturated heterocycles. The molecule has 1 rings (SSSR count). The molecular weight excluding hydrogens is 172 g/mol. The fourth-order valence-electron chi connectivity index (χ4n) is 2.33. The summed E-state index contributed by atoms with van der Waals surface area (Å²) < 4.78 is 0. The third-order valence-electron chi connectivity index (χ3n) is 2.98. The van der Waals surface area contributed by atoms with Crippen LogP contribution in [0, 0.1) is 11.8 Å². The van der Waals surface area contributed by atoms with Gasteiger partial charge in [0, 0.05) is 12.6 Å². The van der Waals surface area contributed by atoms with Gasteiger partial charge >= 0.3 is 0 Å². The molecule has 0 amide bonds. The molecule has 1 aliphatic rings. The first-order valence-corrected chi connectivity index (χ1v) is 6.00. The van der Waals surface area contributed by atoms with E-state index < -0.39 is 0 Å². The molecule has 2 heteroatoms. The summed E-state index contributed by atoms with van der Waals surface area (Å²) in [7, 11) is 2.23. The van der Waals surface area contributed by atoms with Gasteiger partial charge in [0.25, 0.3) is 0 Å². The Morgan fingerprint density at radius 3 is 2.64 bits per heavy atom. The summed E-state index contributed by atoms with van der Waals surface area (Å²) in [5, 5.41) is 3.59. The van der Waals surface area contributed by atoms with Crippen molar-refractivity contribution in [2.24, 2.45) is 11.8 Å². The molecule has 14 heavy (non-hydrogen) atoms. The van der Waals surface area contributed by atoms with Crippen molar-refractivity contribution in [1.82, 2.24) is 10.2 Å². The van der Waals surface area contributed by atoms with Gasteiger partial charge in [0.2, 0.25) is 0 Å². The lowest BCUT2D eigenvalue weighted by atomic mass is 10.1. The average Bonchev–Trinajstić information content (AvgIpc) is 2.47. The Morgan fingerprint density at radius 2 is 2.14 bits per heavy atom. The predicted octanol–water partition coefficient (Wildman–Crippen LogP) is 1.96. The second kappa shape index (κ2) is 5.72. The van der Waals surface area contributed by atoms with Crippen LogP contribution < -0.4 is 5.32 Å². The van der Waals surface area contributed by atoms with Crippen LogP contribution in [-0.4, -0.2) is 37.6 Å². The molecule has 0 aromatic carbocycles. The molecule has 1 N–H and O–H groups in total. The van der Waals surface area contributed by atoms with Crippen LogP contribution in [0.5, 0.6) is 0 Å². The van der Waals surface area contributed by atoms with E-state index in [2.05, 4.69) is 38.0 Å². The molecule has 84 valence electrons. The molecule has 2 unspecified atom stereocenters. The van der Waals surface area contributed by atoms with Gasteiger partial charge in [0.1, 0.15) is 0 Å². The smallest absolute Gasteiger partial charge is 0.00823 e. The van der Waals surface area contributed by atoms with Crippen molar-refractivity contribution in [2.45, 2.75) is 39.7 Å². The first-order chi connectivity index (χ1) is 6.58. The van der Waals surface area contributed by atoms with Crippen molar-refractivity contribution in [3.63, 3.8) is 0 Å². The van der Waals surface area contributed by atoms with Gasteiger partial charge in [-0.2, -0.15) is 0 Å². The lowest BCUT2D eigenvalue weighted by Crippen LogP contribution is -2.30. The maximum atomic E-state index is 3.59. The van der Waals surface area contributed by atoms with Crippen LogP contribution in [0.15, 0.2) is 0 Å². The number of nitrogens with one attached hydrogen (secondary N) is 1. The van der Waals surface area contributed by atoms with Crippen LogP contribution in [0.3, 0.4) is 0 Å². The predicted molar refractivity (Wildman–Crippen MR) is 62.5 cm³/mol. The zero-order valence-electron chi connectivity index (χ0n) is 10.2. The summed E-state index contributed by atoms with van der Waals surface area (Å²) in [6.07, 6.45) is 2.68. The van der Waals surface area contributed by atoms with Crippen molar-refractivity contribution in [1.29, 1.82) is 0 Å². The fraction of sp³-hybridized carbons (Fsp3) is 1.00. The van der Waals surface area contributed by atoms with Crippen LogP contribution in [-0.2, 0) is 0 Å². The fourth-order valence-corrected chi connectivity index (χ4v) is 2.33. The van der Waals surface area contributed by atoms with E-state index in [1.807, 2.05) is 0 Å². The van der Waals surface area contributed by atoms with Crippen molar-refractivity contribution in [2.75, 3.05) is 26.7 Å². The molecule has 0 radical (unpaired) electrons. The molecule has 0 aliphatic carbocycles. The molecule has 2 nitrogen and oxygen atoms in total. The molecule has 1 heterocycles. The third-order valence-corrected chi connectivity index (χ3v) is 2.98. The SMILES string of the molecule is CC(C)CN(C)CCC1CC(C)CN1. The molecule has 0 saturated carbocycles. The normalized spacial score (nSPS) is 27.9. The topological polar surface area (TPSA) is 15.3 Å². The highest BCUT2D eigenvalue weighted by atomic mass is 15.1. The standard InChI is InChI=1S/C12H26N2/c1-10(2)9-14(4)6-5-12-7-11(3)8-13-12/h10-13H,5-9H2,1-4H3. The molecule has 0 aromatic rings. The van der Waals surface area contributed by atoms with E-state index in [9.17, 15) is 0 Å². The summed E-state index contributed by atoms with van der Waals surface area (Å²) in [5.74, 6) is 1.67. The molecular formula is C12H26N2. The van der Waals surface area contributed by atoms with Gasteiger partial charge in [-0.1, -0.05) is 20.8 Å². The second-order valence-corrected chi connectivity index (χ2v) is 5.39. The Kier molecular flexibility index (Phi) is 4.90. The number of rotatable bonds is 5. The van der Waals surface area contributed by atoms with Crippen LogP contribution in [0.25, 0.3) is 0 Å². The molecule has 1 aliphatic heterocycles. The van der Waals surface area contributed by atoms with E-state index >= 15 is 0 Å². The summed E-state index contributed by atoms with van der Waals surface area (Å²) >= 11 is 0. The van der Waals surface area contributed by atoms with Gasteiger partial charge in [0.15, 0.2) is 0 Å². The minimum atomic E-state index is 0.777. The maximum absolute atomic E-state index is 3.59. The first kappa shape index (κ1) is 12.0. The van der Waals surface area contributed by atoms with Crippen LogP contribution >= 0.6 is 0 Å². The molecule has 0 bridgehead atoms. The Labute approximate surface area is 89.1 Å². The van der Waals surface area contributed by atoms with Crippen molar-refractivity contribution in [3.8, 4) is 0 Å². The van der Waals surface area contributed by atoms with E-state index in [-0.39, 0.29) is 0 Å². The van der Waals surface area contributed by atoms with E-state index in [0.29, 0.717) is 0 Å². The molecule has 2 atom stereocenters. The highest BCUT2D eigenvalue weighted by molar-refractivity contribution is 4.79. The Bertz CT molecular complexity index is 156. The Balaban J connectivity index is 2.08. The van der Waals surface area contributed by atoms with E-state index in [1.165, 1.54) is 32.5 Å². The van der Waals surface area contributed by atoms with Crippen molar-refractivity contribution >= 4 is 0 Å². The monoisotopic (exact) mass is 198 g/mol. The summed E-state index contributed by atoms with van der Waals surface area (Å²) in [4.78, 5) is 2.45. The second-order valence-electron chi connectivity index (χ2n) is 5.39. The Hall–Kier alpha value is -0.0800. The Morgan fingerprint density at radius 1 is 1.43 bits per heavy atom. The summed E-state index contributed by atoms with van der Waals surface area (Å²) in [6, 6.07) is 0.777. The van der Waals surface area contributed by atoms with E-state index in [0.717, 1.165) is 17.9 Å². The molecule has 0 spiro atoms. The molecule has 0 aromatic heterocycles. The first-order valence-electron chi connectivity index (χ1n) is 6.00. The number of hydrogen-bond donors (Lipinski definition) is 1. The van der Waals surface area contributed by atoms with Gasteiger partial charge in [-0.05, 0) is 44.8 Å². The van der Waals surface area contributed by atoms with Gasteiger partial charge in [-0.3, -0.25) is 0 Å². The van der Waals surface area contributed by atoms with Gasteiger partial charge in [-0.25, -0.2) is 0 Å². The zero-order chi connectivity index (χ0) is 10.6. The van der Waals surface area contributed by atoms with Crippen molar-refractivity contribution < 1.29 is 0 Å². The van der Waals surface area contributed by atoms with Crippen LogP contribution in [0.2, 0.25) is 0 Å². The van der Waals surface area contributed by atoms with E-state index in [1.54, 1.807) is 0 Å². The van der Waals surface area contributed by atoms with Crippen LogP contribution in [0.4, 0.5) is 0 Å². The van der Waals surface area contributed by atoms with Crippen molar-refractivity contribution in [3.05, 3.63) is 0 Å². The van der Waals surface area contributed by atoms with Gasteiger partial charge in [-0.15, -0.1) is 0 Å². The summed E-state index contributed by atoms with van der Waals surface area (Å²) in [6.45, 7) is 10.6. The van der Waals surface area contributed by atoms with E-state index in [4.69, 9.17) is 0 Å². The number of hydrogen-bond acceptors (Lipinski definition) is 2. The van der Waals surface area contributed by atoms with Gasteiger partial charge < -0.3 is 10.2 Å². The number of nitrogens with zero attached hydrogens (tertiary/aromatic N) is 1. The lowest BCUT2D eigenvalue weighted by molar-refractivity contribution is 0.280. The largest absolute Gasteiger partial charge is 0.314 e. The highest BCUT2D eigenvalue weighted by Crippen LogP contribution is 2.15. The highest BCUT2D eigenvalue weighted by Gasteiger charge is 2.20. The minimum absolute atomic E-state index is 0.777. The lowest BCUT2D eigenvalue weighted by Gasteiger charge is -2.20. The third kappa shape index (κ3) is 4.43. The van der Waals surface area contributed by atoms with Crippen LogP contribution in [0.1, 0.15) is 33.6 Å². The minimum Gasteiger partial charge on any atom is -0.314 e. The summed E-state index contributed by atoms with van der Waals surface area (Å²) in [5.41, 5.74) is 0. The average molecular weight is 198 g/mol. The zero-order valence-corrected chi connectivity index (χ0v) is 10.2. The quantitative estimate of drug-likeness (QED) is 0.726. The van der Waals surface area contributed by atoms with Gasteiger partial charge in [0.05, 0.1) is 0 Å².